The van der Waals surface area contributed by atoms with Gasteiger partial charge in [0.1, 0.15) is 17.7 Å². The Balaban J connectivity index is 1.72. The van der Waals surface area contributed by atoms with Crippen LogP contribution in [0.5, 0.6) is 0 Å². The fourth-order valence-electron chi connectivity index (χ4n) is 3.65. The highest BCUT2D eigenvalue weighted by Gasteiger charge is 2.19. The van der Waals surface area contributed by atoms with E-state index in [2.05, 4.69) is 25.3 Å². The van der Waals surface area contributed by atoms with Crippen molar-refractivity contribution in [3.63, 3.8) is 0 Å². The van der Waals surface area contributed by atoms with Crippen LogP contribution in [0.15, 0.2) is 66.0 Å². The van der Waals surface area contributed by atoms with Gasteiger partial charge in [0.2, 0.25) is 0 Å². The molecule has 0 unspecified atom stereocenters. The van der Waals surface area contributed by atoms with Gasteiger partial charge in [-0.3, -0.25) is 9.36 Å². The van der Waals surface area contributed by atoms with Gasteiger partial charge in [0.25, 0.3) is 5.56 Å². The number of hydrogen-bond acceptors (Lipinski definition) is 5. The minimum Gasteiger partial charge on any atom is -0.360 e. The summed E-state index contributed by atoms with van der Waals surface area (Å²) in [7, 11) is 0. The van der Waals surface area contributed by atoms with Crippen molar-refractivity contribution >= 4 is 39.4 Å². The van der Waals surface area contributed by atoms with E-state index >= 15 is 0 Å². The molecule has 2 aromatic carbocycles. The molecule has 31 heavy (non-hydrogen) atoms. The number of aromatic nitrogens is 5. The molecule has 0 radical (unpaired) electrons. The Bertz CT molecular complexity index is 1490. The number of nitrogens with zero attached hydrogens (tertiary/aromatic N) is 4. The van der Waals surface area contributed by atoms with E-state index in [1.165, 1.54) is 23.0 Å². The molecule has 9 heteroatoms. The van der Waals surface area contributed by atoms with E-state index in [0.29, 0.717) is 38.8 Å². The molecule has 3 aromatic heterocycles. The Labute approximate surface area is 180 Å². The van der Waals surface area contributed by atoms with Gasteiger partial charge in [-0.25, -0.2) is 19.3 Å². The van der Waals surface area contributed by atoms with Crippen LogP contribution in [0.2, 0.25) is 5.02 Å². The van der Waals surface area contributed by atoms with Crippen molar-refractivity contribution in [2.24, 2.45) is 0 Å². The number of fused-ring (bicyclic) bond motifs is 2. The van der Waals surface area contributed by atoms with Crippen molar-refractivity contribution in [1.82, 2.24) is 24.5 Å². The lowest BCUT2D eigenvalue weighted by molar-refractivity contribution is 0.629. The zero-order valence-electron chi connectivity index (χ0n) is 16.3. The first kappa shape index (κ1) is 19.2. The zero-order chi connectivity index (χ0) is 21.5. The van der Waals surface area contributed by atoms with E-state index < -0.39 is 5.82 Å². The lowest BCUT2D eigenvalue weighted by Gasteiger charge is -2.22. The molecule has 0 amide bonds. The molecule has 3 heterocycles. The second kappa shape index (κ2) is 7.48. The monoisotopic (exact) mass is 434 g/mol. The number of nitrogens with one attached hydrogen (secondary N) is 2. The minimum atomic E-state index is -0.476. The van der Waals surface area contributed by atoms with Gasteiger partial charge in [-0.15, -0.1) is 0 Å². The maximum absolute atomic E-state index is 13.9. The van der Waals surface area contributed by atoms with Crippen LogP contribution in [0.3, 0.4) is 0 Å². The third-order valence-corrected chi connectivity index (χ3v) is 5.44. The number of halogens is 2. The lowest BCUT2D eigenvalue weighted by atomic mass is 10.1. The van der Waals surface area contributed by atoms with Crippen molar-refractivity contribution in [1.29, 1.82) is 0 Å². The molecule has 0 aliphatic carbocycles. The number of aromatic amines is 1. The van der Waals surface area contributed by atoms with Crippen LogP contribution in [0.25, 0.3) is 27.6 Å². The Morgan fingerprint density at radius 2 is 1.97 bits per heavy atom. The summed E-state index contributed by atoms with van der Waals surface area (Å²) in [5, 5.41) is 4.62. The van der Waals surface area contributed by atoms with E-state index in [9.17, 15) is 9.18 Å². The molecule has 0 saturated carbocycles. The zero-order valence-corrected chi connectivity index (χ0v) is 17.1. The quantitative estimate of drug-likeness (QED) is 0.431. The topological polar surface area (TPSA) is 88.5 Å². The molecule has 154 valence electrons. The second-order valence-electron chi connectivity index (χ2n) is 7.08. The van der Waals surface area contributed by atoms with Crippen molar-refractivity contribution in [3.8, 4) is 5.69 Å². The predicted octanol–water partition coefficient (Wildman–Crippen LogP) is 4.62. The smallest absolute Gasteiger partial charge is 0.263 e. The average Bonchev–Trinajstić information content (AvgIpc) is 3.25. The summed E-state index contributed by atoms with van der Waals surface area (Å²) in [5.74, 6) is 0.0484. The molecule has 5 rings (SSSR count). The van der Waals surface area contributed by atoms with Crippen LogP contribution in [0.4, 0.5) is 10.2 Å². The Hall–Kier alpha value is -3.78. The van der Waals surface area contributed by atoms with Crippen molar-refractivity contribution in [2.75, 3.05) is 5.32 Å². The van der Waals surface area contributed by atoms with Crippen LogP contribution < -0.4 is 10.9 Å². The van der Waals surface area contributed by atoms with E-state index in [0.717, 1.165) is 0 Å². The number of rotatable bonds is 4. The number of anilines is 1. The Kier molecular flexibility index (Phi) is 4.63. The maximum Gasteiger partial charge on any atom is 0.263 e. The highest BCUT2D eigenvalue weighted by atomic mass is 35.5. The van der Waals surface area contributed by atoms with Gasteiger partial charge in [-0.1, -0.05) is 29.8 Å². The highest BCUT2D eigenvalue weighted by Crippen LogP contribution is 2.28. The van der Waals surface area contributed by atoms with Crippen molar-refractivity contribution < 1.29 is 4.39 Å². The molecular formula is C22H16ClFN6O. The molecule has 0 fully saturated rings. The molecule has 0 aliphatic rings. The molecule has 2 N–H and O–H groups in total. The molecule has 0 spiro atoms. The fraction of sp³-hybridized carbons (Fsp3) is 0.0909. The fourth-order valence-corrected chi connectivity index (χ4v) is 3.87. The van der Waals surface area contributed by atoms with Crippen LogP contribution >= 0.6 is 11.6 Å². The summed E-state index contributed by atoms with van der Waals surface area (Å²) in [5.41, 5.74) is 1.98. The Morgan fingerprint density at radius 1 is 1.13 bits per heavy atom. The third kappa shape index (κ3) is 3.30. The predicted molar refractivity (Wildman–Crippen MR) is 118 cm³/mol. The normalized spacial score (nSPS) is 12.4. The summed E-state index contributed by atoms with van der Waals surface area (Å²) in [6.07, 6.45) is 2.97. The van der Waals surface area contributed by atoms with Gasteiger partial charge in [0.05, 0.1) is 28.5 Å². The van der Waals surface area contributed by atoms with Gasteiger partial charge in [-0.2, -0.15) is 0 Å². The number of pyridine rings is 1. The minimum absolute atomic E-state index is 0.271. The molecule has 5 aromatic rings. The first-order valence-corrected chi connectivity index (χ1v) is 9.91. The SMILES string of the molecule is C[C@H](Nc1ncnc2[nH]cnc12)c1cc2ccc(F)cc2c(=O)n1-c1ccccc1Cl. The van der Waals surface area contributed by atoms with Gasteiger partial charge < -0.3 is 10.3 Å². The van der Waals surface area contributed by atoms with Crippen LogP contribution in [0.1, 0.15) is 18.7 Å². The lowest BCUT2D eigenvalue weighted by Crippen LogP contribution is -2.26. The number of benzene rings is 2. The standard InChI is InChI=1S/C22H16ClFN6O/c1-12(29-21-19-20(26-10-25-19)27-11-28-21)18-8-13-6-7-14(24)9-15(13)22(31)30(18)17-5-3-2-4-16(17)23/h2-12H,1H3,(H2,25,26,27,28,29)/t12-/m0/s1. The summed E-state index contributed by atoms with van der Waals surface area (Å²) in [6.45, 7) is 1.90. The van der Waals surface area contributed by atoms with E-state index in [1.807, 2.05) is 13.0 Å². The molecular weight excluding hydrogens is 419 g/mol. The van der Waals surface area contributed by atoms with Crippen LogP contribution in [-0.2, 0) is 0 Å². The molecule has 0 saturated heterocycles. The highest BCUT2D eigenvalue weighted by molar-refractivity contribution is 6.32. The average molecular weight is 435 g/mol. The molecule has 0 aliphatic heterocycles. The molecule has 0 bridgehead atoms. The molecule has 7 nitrogen and oxygen atoms in total. The van der Waals surface area contributed by atoms with Crippen LogP contribution in [0, 0.1) is 5.82 Å². The first-order valence-electron chi connectivity index (χ1n) is 9.53. The summed E-state index contributed by atoms with van der Waals surface area (Å²) < 4.78 is 15.4. The van der Waals surface area contributed by atoms with Gasteiger partial charge in [0, 0.05) is 5.69 Å². The van der Waals surface area contributed by atoms with Gasteiger partial charge >= 0.3 is 0 Å². The number of hydrogen-bond donors (Lipinski definition) is 2. The first-order chi connectivity index (χ1) is 15.0. The second-order valence-corrected chi connectivity index (χ2v) is 7.49. The third-order valence-electron chi connectivity index (χ3n) is 5.12. The van der Waals surface area contributed by atoms with E-state index in [4.69, 9.17) is 11.6 Å². The van der Waals surface area contributed by atoms with Gasteiger partial charge in [-0.05, 0) is 42.6 Å². The van der Waals surface area contributed by atoms with Crippen LogP contribution in [-0.4, -0.2) is 24.5 Å². The van der Waals surface area contributed by atoms with E-state index in [1.54, 1.807) is 36.7 Å². The number of H-pyrrole nitrogens is 1. The van der Waals surface area contributed by atoms with Gasteiger partial charge in [0.15, 0.2) is 11.5 Å². The summed E-state index contributed by atoms with van der Waals surface area (Å²) in [6, 6.07) is 12.7. The summed E-state index contributed by atoms with van der Waals surface area (Å²) >= 11 is 6.42. The van der Waals surface area contributed by atoms with E-state index in [-0.39, 0.29) is 17.0 Å². The van der Waals surface area contributed by atoms with Crippen molar-refractivity contribution in [2.45, 2.75) is 13.0 Å². The molecule has 1 atom stereocenters. The Morgan fingerprint density at radius 3 is 2.81 bits per heavy atom. The largest absolute Gasteiger partial charge is 0.360 e. The number of para-hydroxylation sites is 1. The summed E-state index contributed by atoms with van der Waals surface area (Å²) in [4.78, 5) is 29.1. The number of imidazole rings is 1. The van der Waals surface area contributed by atoms with Crippen molar-refractivity contribution in [3.05, 3.63) is 88.1 Å². The maximum atomic E-state index is 13.9.